The molecule has 108 valence electrons. The van der Waals surface area contributed by atoms with Crippen molar-refractivity contribution in [1.29, 1.82) is 0 Å². The molecule has 1 aliphatic heterocycles. The molecular formula is C14H18N2O4. The molecule has 0 bridgehead atoms. The maximum Gasteiger partial charge on any atom is 0.338 e. The smallest absolute Gasteiger partial charge is 0.338 e. The lowest BCUT2D eigenvalue weighted by atomic mass is 10.00. The van der Waals surface area contributed by atoms with Crippen LogP contribution in [-0.2, 0) is 9.53 Å². The van der Waals surface area contributed by atoms with Gasteiger partial charge < -0.3 is 19.4 Å². The highest BCUT2D eigenvalue weighted by Crippen LogP contribution is 2.30. The van der Waals surface area contributed by atoms with Crippen LogP contribution >= 0.6 is 0 Å². The van der Waals surface area contributed by atoms with E-state index < -0.39 is 12.0 Å². The lowest BCUT2D eigenvalue weighted by Crippen LogP contribution is -2.46. The van der Waals surface area contributed by atoms with Crippen molar-refractivity contribution in [3.05, 3.63) is 35.4 Å². The minimum atomic E-state index is -0.613. The predicted octanol–water partition coefficient (Wildman–Crippen LogP) is 2.20. The number of esters is 1. The van der Waals surface area contributed by atoms with Crippen LogP contribution < -0.4 is 5.32 Å². The van der Waals surface area contributed by atoms with Crippen LogP contribution in [-0.4, -0.2) is 30.6 Å². The van der Waals surface area contributed by atoms with Crippen LogP contribution in [0.4, 0.5) is 4.79 Å². The average Bonchev–Trinajstić information content (AvgIpc) is 2.95. The van der Waals surface area contributed by atoms with E-state index in [0.717, 1.165) is 6.42 Å². The first kappa shape index (κ1) is 14.2. The Labute approximate surface area is 117 Å². The summed E-state index contributed by atoms with van der Waals surface area (Å²) in [5, 5.41) is 2.74. The molecule has 0 fully saturated rings. The van der Waals surface area contributed by atoms with Crippen molar-refractivity contribution in [3.63, 3.8) is 0 Å². The minimum Gasteiger partial charge on any atom is -0.467 e. The Bertz CT molecular complexity index is 533. The Morgan fingerprint density at radius 3 is 2.90 bits per heavy atom. The molecule has 1 atom stereocenters. The topological polar surface area (TPSA) is 71.8 Å². The van der Waals surface area contributed by atoms with Gasteiger partial charge in [0.1, 0.15) is 11.8 Å². The Morgan fingerprint density at radius 2 is 2.30 bits per heavy atom. The molecule has 0 saturated carbocycles. The zero-order chi connectivity index (χ0) is 14.7. The predicted molar refractivity (Wildman–Crippen MR) is 71.7 cm³/mol. The third-order valence-electron chi connectivity index (χ3n) is 3.24. The van der Waals surface area contributed by atoms with Gasteiger partial charge in [-0.3, -0.25) is 0 Å². The van der Waals surface area contributed by atoms with Crippen LogP contribution in [0.2, 0.25) is 0 Å². The number of carbonyl (C=O) groups excluding carboxylic acids is 2. The molecule has 6 nitrogen and oxygen atoms in total. The molecule has 0 aliphatic carbocycles. The number of hydrogen-bond acceptors (Lipinski definition) is 4. The van der Waals surface area contributed by atoms with E-state index in [-0.39, 0.29) is 6.03 Å². The first-order valence-electron chi connectivity index (χ1n) is 6.51. The zero-order valence-corrected chi connectivity index (χ0v) is 11.8. The summed E-state index contributed by atoms with van der Waals surface area (Å²) in [6.07, 6.45) is 2.25. The van der Waals surface area contributed by atoms with Gasteiger partial charge in [-0.15, -0.1) is 0 Å². The fourth-order valence-electron chi connectivity index (χ4n) is 2.04. The molecule has 0 radical (unpaired) electrons. The van der Waals surface area contributed by atoms with E-state index >= 15 is 0 Å². The van der Waals surface area contributed by atoms with Gasteiger partial charge in [-0.25, -0.2) is 9.59 Å². The second-order valence-electron chi connectivity index (χ2n) is 4.59. The number of urea groups is 1. The van der Waals surface area contributed by atoms with Gasteiger partial charge in [0.25, 0.3) is 0 Å². The van der Waals surface area contributed by atoms with Crippen molar-refractivity contribution in [2.45, 2.75) is 26.3 Å². The summed E-state index contributed by atoms with van der Waals surface area (Å²) in [5.41, 5.74) is 0.965. The maximum atomic E-state index is 12.2. The molecule has 1 aliphatic rings. The largest absolute Gasteiger partial charge is 0.467 e. The van der Waals surface area contributed by atoms with Crippen LogP contribution in [0.1, 0.15) is 32.1 Å². The highest BCUT2D eigenvalue weighted by atomic mass is 16.5. The third kappa shape index (κ3) is 2.54. The van der Waals surface area contributed by atoms with Crippen LogP contribution in [0.15, 0.2) is 34.1 Å². The summed E-state index contributed by atoms with van der Waals surface area (Å²) in [5.74, 6) is 0.0758. The number of hydrogen-bond donors (Lipinski definition) is 1. The number of rotatable bonds is 4. The fraction of sp³-hybridized carbons (Fsp3) is 0.429. The van der Waals surface area contributed by atoms with E-state index in [1.165, 1.54) is 11.2 Å². The highest BCUT2D eigenvalue weighted by Gasteiger charge is 2.36. The van der Waals surface area contributed by atoms with Crippen LogP contribution in [0.3, 0.4) is 0 Å². The third-order valence-corrected chi connectivity index (χ3v) is 3.24. The summed E-state index contributed by atoms with van der Waals surface area (Å²) < 4.78 is 10.5. The van der Waals surface area contributed by atoms with Gasteiger partial charge in [0.15, 0.2) is 0 Å². The molecular weight excluding hydrogens is 260 g/mol. The first-order chi connectivity index (χ1) is 9.56. The van der Waals surface area contributed by atoms with Crippen molar-refractivity contribution < 1.29 is 18.7 Å². The highest BCUT2D eigenvalue weighted by molar-refractivity contribution is 5.94. The van der Waals surface area contributed by atoms with Gasteiger partial charge in [-0.1, -0.05) is 6.92 Å². The Hall–Kier alpha value is -2.24. The number of ether oxygens (including phenoxy) is 1. The van der Waals surface area contributed by atoms with E-state index in [4.69, 9.17) is 9.15 Å². The monoisotopic (exact) mass is 278 g/mol. The van der Waals surface area contributed by atoms with Gasteiger partial charge >= 0.3 is 12.0 Å². The Balaban J connectivity index is 2.38. The van der Waals surface area contributed by atoms with E-state index in [1.807, 2.05) is 6.92 Å². The summed E-state index contributed by atoms with van der Waals surface area (Å²) in [4.78, 5) is 25.5. The Kier molecular flexibility index (Phi) is 4.12. The molecule has 6 heteroatoms. The second-order valence-corrected chi connectivity index (χ2v) is 4.59. The summed E-state index contributed by atoms with van der Waals surface area (Å²) in [6.45, 7) is 3.99. The van der Waals surface area contributed by atoms with E-state index in [1.54, 1.807) is 26.1 Å². The van der Waals surface area contributed by atoms with Crippen LogP contribution in [0.5, 0.6) is 0 Å². The van der Waals surface area contributed by atoms with Crippen molar-refractivity contribution >= 4 is 12.0 Å². The van der Waals surface area contributed by atoms with Gasteiger partial charge in [0.2, 0.25) is 0 Å². The van der Waals surface area contributed by atoms with E-state index in [0.29, 0.717) is 23.6 Å². The Morgan fingerprint density at radius 1 is 1.55 bits per heavy atom. The number of nitrogens with one attached hydrogen (secondary N) is 1. The summed E-state index contributed by atoms with van der Waals surface area (Å²) in [6, 6.07) is 2.54. The number of allylic oxidation sites excluding steroid dienone is 1. The molecule has 0 saturated heterocycles. The lowest BCUT2D eigenvalue weighted by Gasteiger charge is -2.31. The van der Waals surface area contributed by atoms with Gasteiger partial charge in [-0.2, -0.15) is 0 Å². The zero-order valence-electron chi connectivity index (χ0n) is 11.8. The SMILES string of the molecule is CCCOC(=O)C1=C(C)N(C)C(=O)NC1c1ccco1. The van der Waals surface area contributed by atoms with Crippen molar-refractivity contribution in [3.8, 4) is 0 Å². The molecule has 1 aromatic rings. The minimum absolute atomic E-state index is 0.282. The maximum absolute atomic E-state index is 12.2. The van der Waals surface area contributed by atoms with Crippen molar-refractivity contribution in [2.75, 3.05) is 13.7 Å². The molecule has 0 aromatic carbocycles. The van der Waals surface area contributed by atoms with E-state index in [2.05, 4.69) is 5.32 Å². The molecule has 1 unspecified atom stereocenters. The van der Waals surface area contributed by atoms with Crippen LogP contribution in [0.25, 0.3) is 0 Å². The van der Waals surface area contributed by atoms with Crippen molar-refractivity contribution in [2.24, 2.45) is 0 Å². The first-order valence-corrected chi connectivity index (χ1v) is 6.51. The summed E-state index contributed by atoms with van der Waals surface area (Å²) >= 11 is 0. The number of furan rings is 1. The van der Waals surface area contributed by atoms with Gasteiger partial charge in [0, 0.05) is 12.7 Å². The molecule has 20 heavy (non-hydrogen) atoms. The second kappa shape index (κ2) is 5.81. The average molecular weight is 278 g/mol. The lowest BCUT2D eigenvalue weighted by molar-refractivity contribution is -0.139. The van der Waals surface area contributed by atoms with Gasteiger partial charge in [0.05, 0.1) is 18.4 Å². The number of nitrogens with zero attached hydrogens (tertiary/aromatic N) is 1. The van der Waals surface area contributed by atoms with Crippen LogP contribution in [0, 0.1) is 0 Å². The fourth-order valence-corrected chi connectivity index (χ4v) is 2.04. The molecule has 2 amide bonds. The standard InChI is InChI=1S/C14H18N2O4/c1-4-7-20-13(17)11-9(2)16(3)14(18)15-12(11)10-6-5-8-19-10/h5-6,8,12H,4,7H2,1-3H3,(H,15,18). The normalized spacial score (nSPS) is 19.1. The van der Waals surface area contributed by atoms with Crippen molar-refractivity contribution in [1.82, 2.24) is 10.2 Å². The number of amides is 2. The van der Waals surface area contributed by atoms with Gasteiger partial charge in [-0.05, 0) is 25.5 Å². The summed E-state index contributed by atoms with van der Waals surface area (Å²) in [7, 11) is 1.61. The molecule has 1 aromatic heterocycles. The van der Waals surface area contributed by atoms with E-state index in [9.17, 15) is 9.59 Å². The molecule has 1 N–H and O–H groups in total. The quantitative estimate of drug-likeness (QED) is 0.857. The molecule has 2 rings (SSSR count). The molecule has 0 spiro atoms. The molecule has 2 heterocycles. The number of carbonyl (C=O) groups is 2.